The highest BCUT2D eigenvalue weighted by atomic mass is 32.2. The number of carbonyl (C=O) groups excluding carboxylic acids is 3. The number of nitriles is 1. The molecule has 0 bridgehead atoms. The summed E-state index contributed by atoms with van der Waals surface area (Å²) in [5.74, 6) is -2.87. The Kier molecular flexibility index (Phi) is 13.2. The molecule has 0 saturated carbocycles. The van der Waals surface area contributed by atoms with Gasteiger partial charge in [0.25, 0.3) is 0 Å². The van der Waals surface area contributed by atoms with Crippen molar-refractivity contribution in [2.75, 3.05) is 31.0 Å². The third kappa shape index (κ3) is 9.25. The van der Waals surface area contributed by atoms with E-state index in [9.17, 15) is 24.2 Å². The van der Waals surface area contributed by atoms with Gasteiger partial charge in [-0.2, -0.15) is 22.1 Å². The van der Waals surface area contributed by atoms with E-state index < -0.39 is 80.2 Å². The fraction of sp³-hybridized carbons (Fsp3) is 0.633. The molecule has 260 valence electrons. The van der Waals surface area contributed by atoms with Crippen LogP contribution in [0.25, 0.3) is 5.52 Å². The average Bonchev–Trinajstić information content (AvgIpc) is 3.56. The predicted molar refractivity (Wildman–Crippen MR) is 173 cm³/mol. The van der Waals surface area contributed by atoms with E-state index in [1.165, 1.54) is 29.4 Å². The maximum atomic E-state index is 14.1. The van der Waals surface area contributed by atoms with Gasteiger partial charge >= 0.3 is 25.7 Å². The first kappa shape index (κ1) is 38.3. The molecule has 3 N–H and O–H groups in total. The number of carbonyl (C=O) groups is 3. The number of aromatic nitrogens is 2. The number of nitrogen functional groups attached to an aromatic ring is 1. The summed E-state index contributed by atoms with van der Waals surface area (Å²) >= 11 is 1.42. The van der Waals surface area contributed by atoms with Crippen LogP contribution < -0.4 is 10.8 Å². The fourth-order valence-electron chi connectivity index (χ4n) is 4.50. The van der Waals surface area contributed by atoms with Crippen LogP contribution in [-0.4, -0.2) is 82.7 Å². The molecular weight excluding hydrogens is 653 g/mol. The number of nitrogens with zero attached hydrogens (tertiary/aromatic N) is 3. The Labute approximate surface area is 278 Å². The Hall–Kier alpha value is -3.19. The van der Waals surface area contributed by atoms with Gasteiger partial charge in [0.1, 0.15) is 24.8 Å². The Balaban J connectivity index is 2.10. The first-order valence-corrected chi connectivity index (χ1v) is 18.1. The quantitative estimate of drug-likeness (QED) is 0.111. The van der Waals surface area contributed by atoms with Gasteiger partial charge in [-0.3, -0.25) is 23.4 Å². The number of hydrogen-bond acceptors (Lipinski definition) is 14. The van der Waals surface area contributed by atoms with Crippen molar-refractivity contribution in [3.63, 3.8) is 0 Å². The molecule has 1 fully saturated rings. The van der Waals surface area contributed by atoms with Crippen molar-refractivity contribution >= 4 is 48.6 Å². The molecule has 6 atom stereocenters. The molecular formula is C30H44N5O10PS. The van der Waals surface area contributed by atoms with Crippen molar-refractivity contribution in [2.45, 2.75) is 84.5 Å². The molecule has 0 amide bonds. The Morgan fingerprint density at radius 1 is 1.09 bits per heavy atom. The van der Waals surface area contributed by atoms with E-state index in [0.717, 1.165) is 0 Å². The molecule has 47 heavy (non-hydrogen) atoms. The number of fused-ring (bicyclic) bond motifs is 1. The van der Waals surface area contributed by atoms with Crippen LogP contribution in [0, 0.1) is 23.2 Å². The summed E-state index contributed by atoms with van der Waals surface area (Å²) in [6, 6.07) is 5.81. The predicted octanol–water partition coefficient (Wildman–Crippen LogP) is 3.82. The van der Waals surface area contributed by atoms with Crippen LogP contribution >= 0.6 is 19.5 Å². The van der Waals surface area contributed by atoms with Gasteiger partial charge in [-0.05, 0) is 45.2 Å². The summed E-state index contributed by atoms with van der Waals surface area (Å²) < 4.78 is 50.2. The average molecular weight is 698 g/mol. The van der Waals surface area contributed by atoms with Crippen LogP contribution in [-0.2, 0) is 46.9 Å². The van der Waals surface area contributed by atoms with Gasteiger partial charge in [0, 0.05) is 11.9 Å². The van der Waals surface area contributed by atoms with Crippen LogP contribution in [0.3, 0.4) is 0 Å². The number of ether oxygens (including phenoxy) is 4. The molecule has 15 nitrogen and oxygen atoms in total. The van der Waals surface area contributed by atoms with Crippen LogP contribution in [0.4, 0.5) is 5.69 Å². The lowest BCUT2D eigenvalue weighted by molar-refractivity contribution is -0.173. The number of thioether (sulfide) groups is 1. The number of nitrogens with two attached hydrogens (primary N) is 1. The molecule has 1 aliphatic rings. The number of anilines is 1. The van der Waals surface area contributed by atoms with E-state index in [2.05, 4.69) is 10.2 Å². The molecule has 3 rings (SSSR count). The van der Waals surface area contributed by atoms with Crippen molar-refractivity contribution < 1.29 is 46.9 Å². The molecule has 0 spiro atoms. The second-order valence-corrected chi connectivity index (χ2v) is 14.6. The van der Waals surface area contributed by atoms with Gasteiger partial charge in [0.2, 0.25) is 5.60 Å². The SMILES string of the molecule is CSCCOP(=O)(N[C@@H](C)C(=O)OC(C)C)OC[C@@]1(C#N)O[C@@H](c2ccc3c(N)ccnn23)[C@H](OC(=O)C(C)C)[C@@H]1OC(=O)C(C)C. The molecule has 2 aromatic heterocycles. The number of nitrogens with one attached hydrogen (secondary N) is 1. The first-order valence-electron chi connectivity index (χ1n) is 15.2. The highest BCUT2D eigenvalue weighted by Crippen LogP contribution is 2.50. The number of hydrogen-bond donors (Lipinski definition) is 2. The zero-order valence-corrected chi connectivity index (χ0v) is 29.5. The topological polar surface area (TPSA) is 203 Å². The maximum Gasteiger partial charge on any atom is 0.406 e. The Morgan fingerprint density at radius 3 is 2.34 bits per heavy atom. The summed E-state index contributed by atoms with van der Waals surface area (Å²) in [6.45, 7) is 10.4. The minimum atomic E-state index is -4.36. The maximum absolute atomic E-state index is 14.1. The van der Waals surface area contributed by atoms with Gasteiger partial charge in [0.05, 0.1) is 41.4 Å². The van der Waals surface area contributed by atoms with E-state index >= 15 is 0 Å². The normalized spacial score (nSPS) is 23.1. The van der Waals surface area contributed by atoms with E-state index in [0.29, 0.717) is 22.7 Å². The summed E-state index contributed by atoms with van der Waals surface area (Å²) in [5, 5.41) is 17.6. The van der Waals surface area contributed by atoms with Crippen LogP contribution in [0.15, 0.2) is 24.4 Å². The molecule has 1 aliphatic heterocycles. The summed E-state index contributed by atoms with van der Waals surface area (Å²) in [4.78, 5) is 38.6. The van der Waals surface area contributed by atoms with Gasteiger partial charge < -0.3 is 24.7 Å². The smallest absolute Gasteiger partial charge is 0.406 e. The van der Waals surface area contributed by atoms with Gasteiger partial charge in [-0.1, -0.05) is 27.7 Å². The van der Waals surface area contributed by atoms with E-state index in [4.69, 9.17) is 33.7 Å². The fourth-order valence-corrected chi connectivity index (χ4v) is 6.37. The lowest BCUT2D eigenvalue weighted by Gasteiger charge is -2.31. The lowest BCUT2D eigenvalue weighted by atomic mass is 9.95. The van der Waals surface area contributed by atoms with Crippen molar-refractivity contribution in [3.05, 3.63) is 30.1 Å². The molecule has 1 saturated heterocycles. The van der Waals surface area contributed by atoms with Crippen molar-refractivity contribution in [1.82, 2.24) is 14.7 Å². The van der Waals surface area contributed by atoms with E-state index in [1.807, 2.05) is 12.3 Å². The number of esters is 3. The monoisotopic (exact) mass is 697 g/mol. The molecule has 1 unspecified atom stereocenters. The zero-order chi connectivity index (χ0) is 35.1. The highest BCUT2D eigenvalue weighted by Gasteiger charge is 2.62. The molecule has 0 aliphatic carbocycles. The number of rotatable bonds is 16. The molecule has 2 aromatic rings. The Morgan fingerprint density at radius 2 is 1.74 bits per heavy atom. The van der Waals surface area contributed by atoms with E-state index in [-0.39, 0.29) is 6.61 Å². The van der Waals surface area contributed by atoms with Crippen molar-refractivity contribution in [1.29, 1.82) is 5.26 Å². The molecule has 17 heteroatoms. The van der Waals surface area contributed by atoms with Crippen LogP contribution in [0.1, 0.15) is 60.3 Å². The lowest BCUT2D eigenvalue weighted by Crippen LogP contribution is -2.50. The molecule has 0 radical (unpaired) electrons. The zero-order valence-electron chi connectivity index (χ0n) is 27.8. The third-order valence-corrected chi connectivity index (χ3v) is 9.25. The summed E-state index contributed by atoms with van der Waals surface area (Å²) in [6.07, 6.45) is -1.32. The van der Waals surface area contributed by atoms with Crippen molar-refractivity contribution in [2.24, 2.45) is 11.8 Å². The van der Waals surface area contributed by atoms with Gasteiger partial charge in [0.15, 0.2) is 12.2 Å². The first-order chi connectivity index (χ1) is 22.1. The standard InChI is InChI=1S/C30H44N5O10PS/c1-17(2)27(36)43-25-24(23-10-9-22-21(32)11-12-33-35(22)23)45-30(15-31,26(25)44-28(37)18(3)4)16-41-46(39,40-13-14-47-8)34-20(7)29(38)42-19(5)6/h9-12,17-20,24-26H,13-14,16,32H2,1-8H3,(H,34,39)/t20-,24-,25-,26-,30+,46?/m0/s1. The minimum absolute atomic E-state index is 0.0376. The van der Waals surface area contributed by atoms with Crippen LogP contribution in [0.5, 0.6) is 0 Å². The summed E-state index contributed by atoms with van der Waals surface area (Å²) in [7, 11) is -4.36. The molecule has 3 heterocycles. The Bertz CT molecular complexity index is 1510. The van der Waals surface area contributed by atoms with Gasteiger partial charge in [-0.15, -0.1) is 0 Å². The highest BCUT2D eigenvalue weighted by molar-refractivity contribution is 7.98. The van der Waals surface area contributed by atoms with E-state index in [1.54, 1.807) is 59.7 Å². The van der Waals surface area contributed by atoms with Crippen molar-refractivity contribution in [3.8, 4) is 6.07 Å². The second-order valence-electron chi connectivity index (χ2n) is 11.9. The summed E-state index contributed by atoms with van der Waals surface area (Å²) in [5.41, 5.74) is 5.20. The minimum Gasteiger partial charge on any atom is -0.462 e. The third-order valence-electron chi connectivity index (χ3n) is 6.98. The largest absolute Gasteiger partial charge is 0.462 e. The second kappa shape index (κ2) is 16.3. The van der Waals surface area contributed by atoms with Gasteiger partial charge in [-0.25, -0.2) is 14.2 Å². The molecule has 0 aromatic carbocycles. The van der Waals surface area contributed by atoms with Crippen LogP contribution in [0.2, 0.25) is 0 Å².